The SMILES string of the molecule is Cc1ccc(CNC(=O)[C@@H](C)OC(=O)CCc2c(C)[nH]c(=O)c(C#N)c2C)cc1. The molecule has 1 amide bonds. The third kappa shape index (κ3) is 5.79. The van der Waals surface area contributed by atoms with Crippen molar-refractivity contribution in [2.45, 2.75) is 53.2 Å². The largest absolute Gasteiger partial charge is 0.453 e. The molecule has 7 nitrogen and oxygen atoms in total. The zero-order valence-corrected chi connectivity index (χ0v) is 17.1. The van der Waals surface area contributed by atoms with Gasteiger partial charge in [-0.3, -0.25) is 14.4 Å². The third-order valence-electron chi connectivity index (χ3n) is 4.76. The molecule has 2 aromatic rings. The van der Waals surface area contributed by atoms with Crippen LogP contribution in [0.15, 0.2) is 29.1 Å². The number of benzene rings is 1. The minimum atomic E-state index is -0.916. The average molecular weight is 395 g/mol. The van der Waals surface area contributed by atoms with Crippen molar-refractivity contribution in [3.05, 3.63) is 68.1 Å². The van der Waals surface area contributed by atoms with E-state index in [1.165, 1.54) is 6.92 Å². The van der Waals surface area contributed by atoms with Crippen molar-refractivity contribution in [1.82, 2.24) is 10.3 Å². The molecule has 0 aliphatic rings. The smallest absolute Gasteiger partial charge is 0.306 e. The number of hydrogen-bond donors (Lipinski definition) is 2. The number of aromatic nitrogens is 1. The summed E-state index contributed by atoms with van der Waals surface area (Å²) in [6.07, 6.45) is -0.575. The van der Waals surface area contributed by atoms with Crippen molar-refractivity contribution in [3.63, 3.8) is 0 Å². The van der Waals surface area contributed by atoms with Gasteiger partial charge in [-0.2, -0.15) is 5.26 Å². The molecule has 0 aliphatic heterocycles. The van der Waals surface area contributed by atoms with Gasteiger partial charge in [0.25, 0.3) is 11.5 Å². The number of nitrogens with one attached hydrogen (secondary N) is 2. The standard InChI is InChI=1S/C22H25N3O4/c1-13-5-7-17(8-6-13)12-24-21(27)16(4)29-20(26)10-9-18-14(2)19(11-23)22(28)25-15(18)3/h5-8,16H,9-10,12H2,1-4H3,(H,24,27)(H,25,28)/t16-/m1/s1. The fourth-order valence-electron chi connectivity index (χ4n) is 3.00. The van der Waals surface area contributed by atoms with Crippen LogP contribution in [0.4, 0.5) is 0 Å². The number of esters is 1. The Hall–Kier alpha value is -3.40. The van der Waals surface area contributed by atoms with E-state index in [0.29, 0.717) is 24.2 Å². The van der Waals surface area contributed by atoms with E-state index >= 15 is 0 Å². The molecule has 1 atom stereocenters. The molecule has 2 N–H and O–H groups in total. The van der Waals surface area contributed by atoms with Crippen molar-refractivity contribution in [3.8, 4) is 6.07 Å². The molecule has 0 spiro atoms. The Morgan fingerprint density at radius 1 is 1.21 bits per heavy atom. The second-order valence-corrected chi connectivity index (χ2v) is 7.00. The van der Waals surface area contributed by atoms with Crippen LogP contribution in [0, 0.1) is 32.1 Å². The van der Waals surface area contributed by atoms with Crippen LogP contribution in [0.2, 0.25) is 0 Å². The van der Waals surface area contributed by atoms with E-state index in [4.69, 9.17) is 10.00 Å². The molecule has 1 aromatic heterocycles. The lowest BCUT2D eigenvalue weighted by Crippen LogP contribution is -2.35. The van der Waals surface area contributed by atoms with Gasteiger partial charge in [-0.1, -0.05) is 29.8 Å². The van der Waals surface area contributed by atoms with Gasteiger partial charge in [-0.25, -0.2) is 0 Å². The number of pyridine rings is 1. The maximum Gasteiger partial charge on any atom is 0.306 e. The van der Waals surface area contributed by atoms with Gasteiger partial charge >= 0.3 is 5.97 Å². The number of ether oxygens (including phenoxy) is 1. The number of carbonyl (C=O) groups is 2. The predicted molar refractivity (Wildman–Crippen MR) is 108 cm³/mol. The summed E-state index contributed by atoms with van der Waals surface area (Å²) in [5.74, 6) is -0.895. The van der Waals surface area contributed by atoms with Crippen LogP contribution in [0.1, 0.15) is 46.9 Å². The highest BCUT2D eigenvalue weighted by atomic mass is 16.5. The fourth-order valence-corrected chi connectivity index (χ4v) is 3.00. The number of H-pyrrole nitrogens is 1. The topological polar surface area (TPSA) is 112 Å². The van der Waals surface area contributed by atoms with Crippen molar-refractivity contribution >= 4 is 11.9 Å². The number of nitrogens with zero attached hydrogens (tertiary/aromatic N) is 1. The highest BCUT2D eigenvalue weighted by molar-refractivity contribution is 5.83. The summed E-state index contributed by atoms with van der Waals surface area (Å²) in [6.45, 7) is 7.27. The molecule has 1 heterocycles. The second kappa shape index (κ2) is 9.69. The van der Waals surface area contributed by atoms with E-state index in [1.807, 2.05) is 37.3 Å². The van der Waals surface area contributed by atoms with E-state index < -0.39 is 17.6 Å². The van der Waals surface area contributed by atoms with Crippen molar-refractivity contribution in [2.75, 3.05) is 0 Å². The van der Waals surface area contributed by atoms with Gasteiger partial charge in [-0.05, 0) is 50.8 Å². The van der Waals surface area contributed by atoms with E-state index in [0.717, 1.165) is 16.7 Å². The number of carbonyl (C=O) groups excluding carboxylic acids is 2. The molecule has 0 aliphatic carbocycles. The Kier molecular flexibility index (Phi) is 7.32. The Morgan fingerprint density at radius 2 is 1.86 bits per heavy atom. The fraction of sp³-hybridized carbons (Fsp3) is 0.364. The quantitative estimate of drug-likeness (QED) is 0.699. The van der Waals surface area contributed by atoms with Gasteiger partial charge in [0, 0.05) is 18.7 Å². The number of aryl methyl sites for hydroxylation is 2. The van der Waals surface area contributed by atoms with E-state index in [1.54, 1.807) is 13.8 Å². The number of rotatable bonds is 7. The molecule has 1 aromatic carbocycles. The number of nitriles is 1. The highest BCUT2D eigenvalue weighted by Crippen LogP contribution is 2.15. The van der Waals surface area contributed by atoms with Crippen LogP contribution in [0.5, 0.6) is 0 Å². The molecule has 0 radical (unpaired) electrons. The van der Waals surface area contributed by atoms with Gasteiger partial charge in [-0.15, -0.1) is 0 Å². The number of hydrogen-bond acceptors (Lipinski definition) is 5. The van der Waals surface area contributed by atoms with E-state index in [9.17, 15) is 14.4 Å². The molecule has 152 valence electrons. The summed E-state index contributed by atoms with van der Waals surface area (Å²) in [7, 11) is 0. The van der Waals surface area contributed by atoms with Crippen LogP contribution in [0.3, 0.4) is 0 Å². The lowest BCUT2D eigenvalue weighted by molar-refractivity contribution is -0.154. The van der Waals surface area contributed by atoms with E-state index in [2.05, 4.69) is 10.3 Å². The summed E-state index contributed by atoms with van der Waals surface area (Å²) >= 11 is 0. The summed E-state index contributed by atoms with van der Waals surface area (Å²) in [5.41, 5.74) is 3.61. The summed E-state index contributed by atoms with van der Waals surface area (Å²) in [4.78, 5) is 38.7. The molecular formula is C22H25N3O4. The summed E-state index contributed by atoms with van der Waals surface area (Å²) in [5, 5.41) is 11.9. The molecule has 2 rings (SSSR count). The van der Waals surface area contributed by atoms with Gasteiger partial charge < -0.3 is 15.0 Å². The second-order valence-electron chi connectivity index (χ2n) is 7.00. The minimum Gasteiger partial charge on any atom is -0.453 e. The summed E-state index contributed by atoms with van der Waals surface area (Å²) < 4.78 is 5.21. The van der Waals surface area contributed by atoms with Crippen molar-refractivity contribution in [2.24, 2.45) is 0 Å². The molecular weight excluding hydrogens is 370 g/mol. The zero-order chi connectivity index (χ0) is 21.6. The monoisotopic (exact) mass is 395 g/mol. The van der Waals surface area contributed by atoms with Gasteiger partial charge in [0.15, 0.2) is 6.10 Å². The maximum absolute atomic E-state index is 12.2. The van der Waals surface area contributed by atoms with Crippen LogP contribution in [-0.4, -0.2) is 23.0 Å². The Balaban J connectivity index is 1.89. The Labute approximate surface area is 169 Å². The lowest BCUT2D eigenvalue weighted by Gasteiger charge is -2.15. The van der Waals surface area contributed by atoms with Gasteiger partial charge in [0.2, 0.25) is 0 Å². The first-order chi connectivity index (χ1) is 13.7. The molecule has 0 unspecified atom stereocenters. The van der Waals surface area contributed by atoms with Crippen LogP contribution >= 0.6 is 0 Å². The van der Waals surface area contributed by atoms with Crippen LogP contribution in [-0.2, 0) is 27.3 Å². The molecule has 0 bridgehead atoms. The average Bonchev–Trinajstić information content (AvgIpc) is 2.67. The molecule has 0 saturated heterocycles. The molecule has 7 heteroatoms. The van der Waals surface area contributed by atoms with Crippen LogP contribution < -0.4 is 10.9 Å². The predicted octanol–water partition coefficient (Wildman–Crippen LogP) is 2.35. The molecule has 0 saturated carbocycles. The van der Waals surface area contributed by atoms with Gasteiger partial charge in [0.05, 0.1) is 0 Å². The molecule has 29 heavy (non-hydrogen) atoms. The van der Waals surface area contributed by atoms with Crippen molar-refractivity contribution < 1.29 is 14.3 Å². The number of amides is 1. The minimum absolute atomic E-state index is 0.0359. The highest BCUT2D eigenvalue weighted by Gasteiger charge is 2.19. The first kappa shape index (κ1) is 21.9. The maximum atomic E-state index is 12.2. The van der Waals surface area contributed by atoms with Crippen molar-refractivity contribution in [1.29, 1.82) is 5.26 Å². The lowest BCUT2D eigenvalue weighted by atomic mass is 9.99. The normalized spacial score (nSPS) is 11.4. The molecule has 0 fully saturated rings. The first-order valence-electron chi connectivity index (χ1n) is 9.38. The Bertz CT molecular complexity index is 1000. The van der Waals surface area contributed by atoms with Crippen LogP contribution in [0.25, 0.3) is 0 Å². The Morgan fingerprint density at radius 3 is 2.48 bits per heavy atom. The van der Waals surface area contributed by atoms with Gasteiger partial charge in [0.1, 0.15) is 11.6 Å². The third-order valence-corrected chi connectivity index (χ3v) is 4.76. The van der Waals surface area contributed by atoms with E-state index in [-0.39, 0.29) is 17.9 Å². The number of aromatic amines is 1. The first-order valence-corrected chi connectivity index (χ1v) is 9.38. The zero-order valence-electron chi connectivity index (χ0n) is 17.1. The summed E-state index contributed by atoms with van der Waals surface area (Å²) in [6, 6.07) is 9.66.